The average Bonchev–Trinajstić information content (AvgIpc) is 1.97. The van der Waals surface area contributed by atoms with Gasteiger partial charge in [-0.1, -0.05) is 0 Å². The van der Waals surface area contributed by atoms with E-state index in [9.17, 15) is 4.79 Å². The lowest BCUT2D eigenvalue weighted by Crippen LogP contribution is -2.35. The molecule has 0 aromatic heterocycles. The van der Waals surface area contributed by atoms with Crippen molar-refractivity contribution in [2.24, 2.45) is 0 Å². The third-order valence-electron chi connectivity index (χ3n) is 1.02. The predicted octanol–water partition coefficient (Wildman–Crippen LogP) is -0.602. The minimum absolute atomic E-state index is 0.156. The van der Waals surface area contributed by atoms with Crippen LogP contribution in [0.1, 0.15) is 6.92 Å². The van der Waals surface area contributed by atoms with Crippen LogP contribution in [-0.4, -0.2) is 33.2 Å². The summed E-state index contributed by atoms with van der Waals surface area (Å²) in [6, 6.07) is -0.156. The van der Waals surface area contributed by atoms with E-state index in [4.69, 9.17) is 12.5 Å². The second-order valence-electron chi connectivity index (χ2n) is 2.00. The Bertz CT molecular complexity index is 124. The van der Waals surface area contributed by atoms with Crippen LogP contribution in [0.5, 0.6) is 0 Å². The van der Waals surface area contributed by atoms with Gasteiger partial charge >= 0.3 is 5.97 Å². The molecule has 0 aromatic rings. The van der Waals surface area contributed by atoms with E-state index < -0.39 is 0 Å². The Morgan fingerprint density at radius 1 is 1.73 bits per heavy atom. The number of hydrogen-bond donors (Lipinski definition) is 1. The summed E-state index contributed by atoms with van der Waals surface area (Å²) in [5.41, 5.74) is 0. The topological polar surface area (TPSA) is 47.6 Å². The van der Waals surface area contributed by atoms with E-state index in [1.165, 1.54) is 6.92 Å². The number of carbonyl (C=O) groups excluding carboxylic acids is 1. The fraction of sp³-hybridized carbons (Fsp3) is 0.800. The van der Waals surface area contributed by atoms with Crippen molar-refractivity contribution in [2.45, 2.75) is 13.0 Å². The molecule has 2 atom stereocenters. The first-order chi connectivity index (χ1) is 5.20. The molecule has 1 N–H and O–H groups in total. The normalized spacial score (nSPS) is 12.5. The molecule has 0 bridgehead atoms. The van der Waals surface area contributed by atoms with Gasteiger partial charge in [0.2, 0.25) is 0 Å². The maximum Gasteiger partial charge on any atom is 0.302 e. The van der Waals surface area contributed by atoms with Crippen molar-refractivity contribution < 1.29 is 14.1 Å². The molecule has 0 fully saturated rings. The van der Waals surface area contributed by atoms with Crippen LogP contribution in [0.3, 0.4) is 0 Å². The molecule has 4 nitrogen and oxygen atoms in total. The summed E-state index contributed by atoms with van der Waals surface area (Å²) in [5.74, 6) is -0.325. The highest BCUT2D eigenvalue weighted by atomic mass is 31.0. The molecule has 11 heavy (non-hydrogen) atoms. The first-order valence-electron chi connectivity index (χ1n) is 3.12. The van der Waals surface area contributed by atoms with Crippen molar-refractivity contribution in [1.82, 2.24) is 5.23 Å². The Morgan fingerprint density at radius 2 is 2.36 bits per heavy atom. The fourth-order valence-corrected chi connectivity index (χ4v) is 0.711. The van der Waals surface area contributed by atoms with Crippen LogP contribution in [0.15, 0.2) is 0 Å². The van der Waals surface area contributed by atoms with E-state index in [1.807, 2.05) is 0 Å². The number of hydrogen-bond acceptors (Lipinski definition) is 4. The number of esters is 1. The molecule has 2 radical (unpaired) electrons. The first kappa shape index (κ1) is 10.9. The summed E-state index contributed by atoms with van der Waals surface area (Å²) in [5, 5.41) is 2.44. The van der Waals surface area contributed by atoms with E-state index in [2.05, 4.69) is 19.4 Å². The fourth-order valence-electron chi connectivity index (χ4n) is 0.478. The van der Waals surface area contributed by atoms with Crippen LogP contribution in [0.25, 0.3) is 0 Å². The minimum Gasteiger partial charge on any atom is -0.464 e. The summed E-state index contributed by atoms with van der Waals surface area (Å²) in [6.07, 6.45) is 0. The number of rotatable bonds is 5. The maximum absolute atomic E-state index is 10.3. The van der Waals surface area contributed by atoms with Crippen molar-refractivity contribution in [3.8, 4) is 0 Å². The lowest BCUT2D eigenvalue weighted by molar-refractivity contribution is -0.141. The van der Waals surface area contributed by atoms with Gasteiger partial charge in [-0.15, -0.1) is 0 Å². The quantitative estimate of drug-likeness (QED) is 0.344. The van der Waals surface area contributed by atoms with Gasteiger partial charge in [-0.3, -0.25) is 4.79 Å². The van der Waals surface area contributed by atoms with E-state index in [1.54, 1.807) is 0 Å². The highest BCUT2D eigenvalue weighted by molar-refractivity contribution is 7.09. The van der Waals surface area contributed by atoms with Crippen LogP contribution in [0, 0.1) is 0 Å². The summed E-state index contributed by atoms with van der Waals surface area (Å²) in [7, 11) is 7.21. The van der Waals surface area contributed by atoms with Crippen LogP contribution in [-0.2, 0) is 14.1 Å². The van der Waals surface area contributed by atoms with Gasteiger partial charge in [-0.05, 0) is 0 Å². The Morgan fingerprint density at radius 3 is 2.73 bits per heavy atom. The van der Waals surface area contributed by atoms with Crippen LogP contribution >= 0.6 is 9.47 Å². The molecule has 0 saturated carbocycles. The Hall–Kier alpha value is -0.115. The van der Waals surface area contributed by atoms with Gasteiger partial charge in [-0.2, -0.15) is 0 Å². The summed E-state index contributed by atoms with van der Waals surface area (Å²) in [4.78, 5) is 10.3. The molecule has 0 rings (SSSR count). The molecular weight excluding hydrogens is 164 g/mol. The number of nitrogens with one attached hydrogen (secondary N) is 1. The zero-order chi connectivity index (χ0) is 8.69. The van der Waals surface area contributed by atoms with Crippen molar-refractivity contribution >= 4 is 23.4 Å². The molecule has 0 spiro atoms. The molecule has 0 amide bonds. The van der Waals surface area contributed by atoms with Gasteiger partial charge < -0.3 is 14.5 Å². The molecule has 0 saturated heterocycles. The third-order valence-corrected chi connectivity index (χ3v) is 1.21. The molecule has 0 aliphatic rings. The van der Waals surface area contributed by atoms with Gasteiger partial charge in [-0.25, -0.2) is 0 Å². The summed E-state index contributed by atoms with van der Waals surface area (Å²) < 4.78 is 9.39. The Labute approximate surface area is 69.7 Å². The Balaban J connectivity index is 3.43. The molecule has 0 aliphatic carbocycles. The zero-order valence-electron chi connectivity index (χ0n) is 6.37. The summed E-state index contributed by atoms with van der Waals surface area (Å²) in [6.45, 7) is 1.95. The standard InChI is InChI=1S/C5H11BNO3P/c1-4(8)9-2-5(7-6)3-10-11/h5,7H,2-3,11H2,1H3. The number of carbonyl (C=O) groups is 1. The third kappa shape index (κ3) is 6.29. The number of ether oxygens (including phenoxy) is 1. The SMILES string of the molecule is [B]NC(COP)COC(C)=O. The molecule has 6 heteroatoms. The Kier molecular flexibility index (Phi) is 6.52. The van der Waals surface area contributed by atoms with Gasteiger partial charge in [0.05, 0.1) is 12.6 Å². The molecule has 0 heterocycles. The zero-order valence-corrected chi connectivity index (χ0v) is 7.53. The predicted molar refractivity (Wildman–Crippen MR) is 45.0 cm³/mol. The molecule has 0 aliphatic heterocycles. The molecule has 62 valence electrons. The van der Waals surface area contributed by atoms with Crippen molar-refractivity contribution in [1.29, 1.82) is 0 Å². The smallest absolute Gasteiger partial charge is 0.302 e. The lowest BCUT2D eigenvalue weighted by atomic mass is 10.2. The molecule has 0 aromatic carbocycles. The van der Waals surface area contributed by atoms with Gasteiger partial charge in [0.15, 0.2) is 7.98 Å². The monoisotopic (exact) mass is 175 g/mol. The molecule has 2 unspecified atom stereocenters. The van der Waals surface area contributed by atoms with Gasteiger partial charge in [0, 0.05) is 16.4 Å². The van der Waals surface area contributed by atoms with Crippen molar-refractivity contribution in [2.75, 3.05) is 13.2 Å². The summed E-state index contributed by atoms with van der Waals surface area (Å²) >= 11 is 0. The highest BCUT2D eigenvalue weighted by Gasteiger charge is 2.05. The lowest BCUT2D eigenvalue weighted by Gasteiger charge is -2.14. The van der Waals surface area contributed by atoms with Crippen molar-refractivity contribution in [3.63, 3.8) is 0 Å². The molecular formula is C5H11BNO3P. The largest absolute Gasteiger partial charge is 0.464 e. The second kappa shape index (κ2) is 6.59. The van der Waals surface area contributed by atoms with Gasteiger partial charge in [0.25, 0.3) is 0 Å². The second-order valence-corrected chi connectivity index (χ2v) is 2.33. The van der Waals surface area contributed by atoms with Crippen molar-refractivity contribution in [3.05, 3.63) is 0 Å². The van der Waals surface area contributed by atoms with Crippen LogP contribution in [0.4, 0.5) is 0 Å². The first-order valence-corrected chi connectivity index (χ1v) is 3.59. The van der Waals surface area contributed by atoms with E-state index in [-0.39, 0.29) is 18.6 Å². The van der Waals surface area contributed by atoms with E-state index in [0.717, 1.165) is 0 Å². The minimum atomic E-state index is -0.325. The van der Waals surface area contributed by atoms with Gasteiger partial charge in [0.1, 0.15) is 6.61 Å². The van der Waals surface area contributed by atoms with Crippen LogP contribution < -0.4 is 5.23 Å². The van der Waals surface area contributed by atoms with E-state index in [0.29, 0.717) is 6.61 Å². The van der Waals surface area contributed by atoms with Crippen LogP contribution in [0.2, 0.25) is 0 Å². The average molecular weight is 175 g/mol. The van der Waals surface area contributed by atoms with E-state index >= 15 is 0 Å². The highest BCUT2D eigenvalue weighted by Crippen LogP contribution is 1.91. The maximum atomic E-state index is 10.3.